The largest absolute Gasteiger partial charge is 0.369 e. The highest BCUT2D eigenvalue weighted by Gasteiger charge is 2.45. The summed E-state index contributed by atoms with van der Waals surface area (Å²) in [5.74, 6) is -1.93. The van der Waals surface area contributed by atoms with E-state index < -0.39 is 35.5 Å². The quantitative estimate of drug-likeness (QED) is 0.162. The molecule has 10 rings (SSSR count). The number of nitrogens with one attached hydrogen (secondary N) is 3. The molecule has 16 nitrogen and oxygen atoms in total. The molecular formula is C46H48FN11O5. The number of halogens is 1. The number of hydrogen-bond acceptors (Lipinski definition) is 12. The van der Waals surface area contributed by atoms with Gasteiger partial charge in [-0.1, -0.05) is 30.3 Å². The molecule has 1 saturated carbocycles. The maximum atomic E-state index is 15.5. The number of nitrogens with zero attached hydrogens (tertiary/aromatic N) is 8. The van der Waals surface area contributed by atoms with E-state index in [1.807, 2.05) is 41.6 Å². The van der Waals surface area contributed by atoms with Gasteiger partial charge in [0, 0.05) is 75.7 Å². The number of amides is 5. The lowest BCUT2D eigenvalue weighted by molar-refractivity contribution is -0.136. The second kappa shape index (κ2) is 16.8. The van der Waals surface area contributed by atoms with E-state index in [2.05, 4.69) is 69.5 Å². The summed E-state index contributed by atoms with van der Waals surface area (Å²) < 4.78 is 17.6. The van der Waals surface area contributed by atoms with Crippen molar-refractivity contribution in [3.8, 4) is 0 Å². The summed E-state index contributed by atoms with van der Waals surface area (Å²) in [6, 6.07) is 19.9. The van der Waals surface area contributed by atoms with Gasteiger partial charge < -0.3 is 25.0 Å². The van der Waals surface area contributed by atoms with E-state index >= 15 is 4.39 Å². The summed E-state index contributed by atoms with van der Waals surface area (Å²) in [5, 5.41) is 8.78. The van der Waals surface area contributed by atoms with Crippen molar-refractivity contribution in [1.82, 2.24) is 40.0 Å². The van der Waals surface area contributed by atoms with E-state index in [4.69, 9.17) is 0 Å². The summed E-state index contributed by atoms with van der Waals surface area (Å²) in [5.41, 5.74) is 4.84. The van der Waals surface area contributed by atoms with Crippen LogP contribution < -0.4 is 25.8 Å². The fourth-order valence-electron chi connectivity index (χ4n) is 9.73. The number of anilines is 4. The number of hydrogen-bond donors (Lipinski definition) is 3. The van der Waals surface area contributed by atoms with Crippen LogP contribution in [0.25, 0.3) is 11.2 Å². The fraction of sp³-hybridized carbons (Fsp3) is 0.391. The van der Waals surface area contributed by atoms with Crippen molar-refractivity contribution in [2.24, 2.45) is 5.92 Å². The Morgan fingerprint density at radius 1 is 0.810 bits per heavy atom. The first kappa shape index (κ1) is 40.3. The third-order valence-electron chi connectivity index (χ3n) is 13.3. The number of piperidine rings is 2. The minimum absolute atomic E-state index is 0.0226. The predicted octanol–water partition coefficient (Wildman–Crippen LogP) is 4.21. The number of carbonyl (C=O) groups is 5. The summed E-state index contributed by atoms with van der Waals surface area (Å²) in [6.07, 6.45) is 7.20. The highest BCUT2D eigenvalue weighted by Crippen LogP contribution is 2.37. The molecule has 3 saturated heterocycles. The van der Waals surface area contributed by atoms with Crippen molar-refractivity contribution in [2.45, 2.75) is 63.1 Å². The maximum Gasteiger partial charge on any atom is 0.262 e. The Balaban J connectivity index is 0.682. The lowest BCUT2D eigenvalue weighted by atomic mass is 9.86. The Kier molecular flexibility index (Phi) is 10.8. The van der Waals surface area contributed by atoms with Crippen LogP contribution in [0.5, 0.6) is 0 Å². The second-order valence-corrected chi connectivity index (χ2v) is 17.3. The molecule has 0 radical (unpaired) electrons. The molecule has 1 atom stereocenters. The van der Waals surface area contributed by atoms with Gasteiger partial charge in [-0.25, -0.2) is 19.3 Å². The first-order valence-electron chi connectivity index (χ1n) is 21.8. The van der Waals surface area contributed by atoms with Crippen LogP contribution in [0.2, 0.25) is 0 Å². The SMILES string of the molecule is O=C1CCC(N2C(=O)c3cc(F)c(N4CCC(CN5CCN(c6ccc(Nc7ncnc8c7ncn8C7CC(NC(=O)Cc8ccccc8)C7)cc6)CC5)CC4)cc3C2=O)C(=O)N1. The molecule has 4 aliphatic heterocycles. The zero-order valence-electron chi connectivity index (χ0n) is 34.7. The van der Waals surface area contributed by atoms with Crippen molar-refractivity contribution >= 4 is 63.6 Å². The Hall–Kier alpha value is -6.75. The third kappa shape index (κ3) is 8.08. The number of rotatable bonds is 11. The number of carbonyl (C=O) groups excluding carboxylic acids is 5. The van der Waals surface area contributed by atoms with Gasteiger partial charge in [0.25, 0.3) is 11.8 Å². The van der Waals surface area contributed by atoms with E-state index in [0.29, 0.717) is 36.8 Å². The molecule has 5 amide bonds. The smallest absolute Gasteiger partial charge is 0.262 e. The lowest BCUT2D eigenvalue weighted by Gasteiger charge is -2.40. The monoisotopic (exact) mass is 853 g/mol. The van der Waals surface area contributed by atoms with Crippen LogP contribution in [0.3, 0.4) is 0 Å². The number of piperazine rings is 1. The number of benzene rings is 3. The van der Waals surface area contributed by atoms with Crippen LogP contribution in [0.4, 0.5) is 27.3 Å². The van der Waals surface area contributed by atoms with Crippen LogP contribution >= 0.6 is 0 Å². The summed E-state index contributed by atoms with van der Waals surface area (Å²) in [6.45, 7) is 5.88. The van der Waals surface area contributed by atoms with Gasteiger partial charge in [0.1, 0.15) is 18.2 Å². The molecule has 1 aliphatic carbocycles. The van der Waals surface area contributed by atoms with E-state index in [9.17, 15) is 24.0 Å². The van der Waals surface area contributed by atoms with Gasteiger partial charge in [-0.3, -0.25) is 39.1 Å². The van der Waals surface area contributed by atoms with Crippen molar-refractivity contribution < 1.29 is 28.4 Å². The Morgan fingerprint density at radius 2 is 1.54 bits per heavy atom. The molecule has 324 valence electrons. The number of imide groups is 2. The van der Waals surface area contributed by atoms with Crippen LogP contribution in [0.1, 0.15) is 70.8 Å². The number of fused-ring (bicyclic) bond motifs is 2. The highest BCUT2D eigenvalue weighted by molar-refractivity contribution is 6.23. The molecule has 63 heavy (non-hydrogen) atoms. The van der Waals surface area contributed by atoms with E-state index in [-0.39, 0.29) is 47.6 Å². The second-order valence-electron chi connectivity index (χ2n) is 17.3. The minimum Gasteiger partial charge on any atom is -0.369 e. The lowest BCUT2D eigenvalue weighted by Crippen LogP contribution is -2.54. The molecule has 1 unspecified atom stereocenters. The van der Waals surface area contributed by atoms with Crippen LogP contribution in [-0.4, -0.2) is 117 Å². The van der Waals surface area contributed by atoms with Crippen molar-refractivity contribution in [1.29, 1.82) is 0 Å². The molecule has 4 fully saturated rings. The van der Waals surface area contributed by atoms with Gasteiger partial charge in [0.15, 0.2) is 17.0 Å². The summed E-state index contributed by atoms with van der Waals surface area (Å²) in [4.78, 5) is 84.6. The average molecular weight is 854 g/mol. The first-order valence-corrected chi connectivity index (χ1v) is 21.8. The van der Waals surface area contributed by atoms with Gasteiger partial charge >= 0.3 is 0 Å². The fourth-order valence-corrected chi connectivity index (χ4v) is 9.73. The third-order valence-corrected chi connectivity index (χ3v) is 13.3. The maximum absolute atomic E-state index is 15.5. The van der Waals surface area contributed by atoms with E-state index in [1.54, 1.807) is 6.33 Å². The Morgan fingerprint density at radius 3 is 2.27 bits per heavy atom. The van der Waals surface area contributed by atoms with Crippen molar-refractivity contribution in [2.75, 3.05) is 60.9 Å². The van der Waals surface area contributed by atoms with Gasteiger partial charge in [0.2, 0.25) is 17.7 Å². The number of aromatic nitrogens is 4. The molecule has 5 aromatic rings. The zero-order valence-corrected chi connectivity index (χ0v) is 34.7. The normalized spacial score (nSPS) is 22.0. The molecule has 3 N–H and O–H groups in total. The topological polar surface area (TPSA) is 178 Å². The Bertz CT molecular complexity index is 2580. The molecule has 6 heterocycles. The number of imidazole rings is 1. The van der Waals surface area contributed by atoms with Gasteiger partial charge in [0.05, 0.1) is 29.6 Å². The average Bonchev–Trinajstić information content (AvgIpc) is 3.80. The summed E-state index contributed by atoms with van der Waals surface area (Å²) in [7, 11) is 0. The van der Waals surface area contributed by atoms with Crippen LogP contribution in [0, 0.1) is 11.7 Å². The molecule has 0 bridgehead atoms. The highest BCUT2D eigenvalue weighted by atomic mass is 19.1. The summed E-state index contributed by atoms with van der Waals surface area (Å²) >= 11 is 0. The predicted molar refractivity (Wildman–Crippen MR) is 232 cm³/mol. The molecule has 3 aromatic carbocycles. The van der Waals surface area contributed by atoms with Crippen molar-refractivity contribution in [3.63, 3.8) is 0 Å². The van der Waals surface area contributed by atoms with Crippen LogP contribution in [-0.2, 0) is 20.8 Å². The van der Waals surface area contributed by atoms with Gasteiger partial charge in [-0.05, 0) is 80.0 Å². The van der Waals surface area contributed by atoms with Crippen LogP contribution in [0.15, 0.2) is 79.4 Å². The zero-order chi connectivity index (χ0) is 43.2. The van der Waals surface area contributed by atoms with E-state index in [0.717, 1.165) is 92.0 Å². The standard InChI is InChI=1S/C46H48FN11O5/c47-36-23-34-35(46(63)58(45(34)62)37-10-11-39(59)53-44(37)61)24-38(36)56-14-12-29(13-15-56)25-54-16-18-55(19-17-54)32-8-6-30(7-9-32)52-42-41-43(49-26-48-42)57(27-50-41)33-21-31(22-33)51-40(60)20-28-4-2-1-3-5-28/h1-9,23-24,26-27,29,31,33,37H,10-22,25H2,(H,51,60)(H,48,49,52)(H,53,59,61). The Labute approximate surface area is 362 Å². The first-order chi connectivity index (χ1) is 30.6. The molecular weight excluding hydrogens is 806 g/mol. The molecule has 0 spiro atoms. The van der Waals surface area contributed by atoms with Gasteiger partial charge in [-0.2, -0.15) is 0 Å². The van der Waals surface area contributed by atoms with E-state index in [1.165, 1.54) is 6.07 Å². The minimum atomic E-state index is -1.09. The molecule has 5 aliphatic rings. The van der Waals surface area contributed by atoms with Gasteiger partial charge in [-0.15, -0.1) is 0 Å². The van der Waals surface area contributed by atoms with Crippen molar-refractivity contribution in [3.05, 3.63) is 102 Å². The molecule has 17 heteroatoms. The molecule has 2 aromatic heterocycles.